The summed E-state index contributed by atoms with van der Waals surface area (Å²) < 4.78 is 5.17. The molecule has 0 aliphatic rings. The molecule has 1 amide bonds. The molecule has 0 bridgehead atoms. The van der Waals surface area contributed by atoms with Crippen LogP contribution in [-0.2, 0) is 9.53 Å². The number of hydrogen-bond acceptors (Lipinski definition) is 5. The number of ketones is 1. The minimum atomic E-state index is -0.602. The average molecular weight is 381 g/mol. The van der Waals surface area contributed by atoms with Crippen molar-refractivity contribution in [2.75, 3.05) is 18.1 Å². The third-order valence-corrected chi connectivity index (χ3v) is 5.32. The summed E-state index contributed by atoms with van der Waals surface area (Å²) in [4.78, 5) is 38.5. The Morgan fingerprint density at radius 2 is 1.67 bits per heavy atom. The van der Waals surface area contributed by atoms with Crippen molar-refractivity contribution >= 4 is 45.5 Å². The smallest absolute Gasteiger partial charge is 0.348 e. The van der Waals surface area contributed by atoms with Crippen LogP contribution in [-0.4, -0.2) is 30.8 Å². The molecule has 2 aromatic carbocycles. The topological polar surface area (TPSA) is 63.7 Å². The van der Waals surface area contributed by atoms with Gasteiger partial charge in [0.2, 0.25) is 0 Å². The van der Waals surface area contributed by atoms with Gasteiger partial charge in [0, 0.05) is 11.9 Å². The lowest BCUT2D eigenvalue weighted by molar-refractivity contribution is -0.121. The number of fused-ring (bicyclic) bond motifs is 1. The Kier molecular flexibility index (Phi) is 5.66. The summed E-state index contributed by atoms with van der Waals surface area (Å²) in [6.45, 7) is 3.41. The summed E-state index contributed by atoms with van der Waals surface area (Å²) >= 11 is 1.06. The molecule has 0 saturated heterocycles. The zero-order valence-electron chi connectivity index (χ0n) is 15.1. The molecule has 0 fully saturated rings. The van der Waals surface area contributed by atoms with Gasteiger partial charge in [-0.3, -0.25) is 9.59 Å². The van der Waals surface area contributed by atoms with Crippen molar-refractivity contribution in [2.45, 2.75) is 13.8 Å². The number of thiophene rings is 1. The van der Waals surface area contributed by atoms with Crippen LogP contribution >= 0.6 is 11.3 Å². The molecule has 0 radical (unpaired) electrons. The molecule has 0 saturated carbocycles. The highest BCUT2D eigenvalue weighted by atomic mass is 32.1. The standard InChI is InChI=1S/C21H19NO4S/c1-3-22(17-10-6-8-15-7-4-5-9-16(15)17)20(24)13-26-21(25)19-12-11-18(27-19)14(2)23/h4-12H,3,13H2,1-2H3. The van der Waals surface area contributed by atoms with Crippen LogP contribution < -0.4 is 4.90 Å². The Morgan fingerprint density at radius 1 is 0.963 bits per heavy atom. The highest BCUT2D eigenvalue weighted by Crippen LogP contribution is 2.27. The van der Waals surface area contributed by atoms with E-state index in [0.29, 0.717) is 16.3 Å². The van der Waals surface area contributed by atoms with Crippen LogP contribution in [0.15, 0.2) is 54.6 Å². The summed E-state index contributed by atoms with van der Waals surface area (Å²) in [5.74, 6) is -1.01. The number of ether oxygens (including phenoxy) is 1. The summed E-state index contributed by atoms with van der Waals surface area (Å²) in [6.07, 6.45) is 0. The van der Waals surface area contributed by atoms with Gasteiger partial charge in [-0.1, -0.05) is 36.4 Å². The van der Waals surface area contributed by atoms with Crippen LogP contribution in [0.4, 0.5) is 5.69 Å². The normalized spacial score (nSPS) is 10.6. The highest BCUT2D eigenvalue weighted by molar-refractivity contribution is 7.15. The van der Waals surface area contributed by atoms with Gasteiger partial charge in [0.1, 0.15) is 4.88 Å². The van der Waals surface area contributed by atoms with Gasteiger partial charge in [-0.15, -0.1) is 11.3 Å². The number of rotatable bonds is 6. The molecule has 27 heavy (non-hydrogen) atoms. The van der Waals surface area contributed by atoms with E-state index in [1.54, 1.807) is 11.0 Å². The number of likely N-dealkylation sites (N-methyl/N-ethyl adjacent to an activating group) is 1. The summed E-state index contributed by atoms with van der Waals surface area (Å²) in [6, 6.07) is 16.7. The van der Waals surface area contributed by atoms with E-state index in [9.17, 15) is 14.4 Å². The van der Waals surface area contributed by atoms with E-state index < -0.39 is 5.97 Å². The Hall–Kier alpha value is -2.99. The van der Waals surface area contributed by atoms with Crippen molar-refractivity contribution in [3.05, 3.63) is 64.4 Å². The molecule has 0 aliphatic carbocycles. The van der Waals surface area contributed by atoms with Crippen molar-refractivity contribution in [2.24, 2.45) is 0 Å². The van der Waals surface area contributed by atoms with E-state index in [2.05, 4.69) is 0 Å². The Balaban J connectivity index is 1.73. The molecule has 0 aliphatic heterocycles. The summed E-state index contributed by atoms with van der Waals surface area (Å²) in [5.41, 5.74) is 0.784. The van der Waals surface area contributed by atoms with Crippen LogP contribution in [0.5, 0.6) is 0 Å². The van der Waals surface area contributed by atoms with Gasteiger partial charge in [-0.2, -0.15) is 0 Å². The minimum absolute atomic E-state index is 0.108. The Morgan fingerprint density at radius 3 is 2.37 bits per heavy atom. The Labute approximate surface area is 161 Å². The molecule has 0 atom stereocenters. The number of carbonyl (C=O) groups is 3. The molecular formula is C21H19NO4S. The van der Waals surface area contributed by atoms with E-state index in [4.69, 9.17) is 4.74 Å². The number of anilines is 1. The molecule has 0 N–H and O–H groups in total. The second-order valence-corrected chi connectivity index (χ2v) is 7.02. The van der Waals surface area contributed by atoms with Gasteiger partial charge in [0.05, 0.1) is 10.6 Å². The van der Waals surface area contributed by atoms with Gasteiger partial charge in [0.25, 0.3) is 5.91 Å². The molecule has 1 heterocycles. The lowest BCUT2D eigenvalue weighted by atomic mass is 10.1. The van der Waals surface area contributed by atoms with Crippen molar-refractivity contribution in [3.63, 3.8) is 0 Å². The maximum atomic E-state index is 12.7. The van der Waals surface area contributed by atoms with E-state index in [1.807, 2.05) is 49.4 Å². The number of hydrogen-bond donors (Lipinski definition) is 0. The van der Waals surface area contributed by atoms with Crippen molar-refractivity contribution in [3.8, 4) is 0 Å². The van der Waals surface area contributed by atoms with Gasteiger partial charge in [-0.25, -0.2) is 4.79 Å². The second kappa shape index (κ2) is 8.14. The lowest BCUT2D eigenvalue weighted by Crippen LogP contribution is -2.34. The van der Waals surface area contributed by atoms with Gasteiger partial charge in [0.15, 0.2) is 12.4 Å². The van der Waals surface area contributed by atoms with E-state index in [0.717, 1.165) is 27.8 Å². The van der Waals surface area contributed by atoms with Crippen LogP contribution in [0.3, 0.4) is 0 Å². The van der Waals surface area contributed by atoms with E-state index >= 15 is 0 Å². The fraction of sp³-hybridized carbons (Fsp3) is 0.190. The van der Waals surface area contributed by atoms with Crippen molar-refractivity contribution in [1.82, 2.24) is 0 Å². The zero-order chi connectivity index (χ0) is 19.4. The fourth-order valence-corrected chi connectivity index (χ4v) is 3.63. The molecule has 5 nitrogen and oxygen atoms in total. The average Bonchev–Trinajstić information content (AvgIpc) is 3.17. The summed E-state index contributed by atoms with van der Waals surface area (Å²) in [5, 5.41) is 2.00. The molecule has 1 aromatic heterocycles. The van der Waals surface area contributed by atoms with Crippen LogP contribution in [0.1, 0.15) is 33.2 Å². The first-order chi connectivity index (χ1) is 13.0. The predicted molar refractivity (Wildman–Crippen MR) is 107 cm³/mol. The number of esters is 1. The number of nitrogens with zero attached hydrogens (tertiary/aromatic N) is 1. The van der Waals surface area contributed by atoms with Crippen molar-refractivity contribution in [1.29, 1.82) is 0 Å². The number of benzene rings is 2. The highest BCUT2D eigenvalue weighted by Gasteiger charge is 2.19. The van der Waals surface area contributed by atoms with Crippen molar-refractivity contribution < 1.29 is 19.1 Å². The predicted octanol–water partition coefficient (Wildman–Crippen LogP) is 4.31. The molecular weight excluding hydrogens is 362 g/mol. The monoisotopic (exact) mass is 381 g/mol. The maximum absolute atomic E-state index is 12.7. The van der Waals surface area contributed by atoms with Crippen LogP contribution in [0.2, 0.25) is 0 Å². The van der Waals surface area contributed by atoms with Crippen LogP contribution in [0.25, 0.3) is 10.8 Å². The lowest BCUT2D eigenvalue weighted by Gasteiger charge is -2.22. The molecule has 0 spiro atoms. The van der Waals surface area contributed by atoms with Crippen LogP contribution in [0, 0.1) is 0 Å². The van der Waals surface area contributed by atoms with Gasteiger partial charge >= 0.3 is 5.97 Å². The number of amides is 1. The van der Waals surface area contributed by atoms with E-state index in [-0.39, 0.29) is 18.3 Å². The zero-order valence-corrected chi connectivity index (χ0v) is 15.9. The third kappa shape index (κ3) is 4.06. The summed E-state index contributed by atoms with van der Waals surface area (Å²) in [7, 11) is 0. The molecule has 3 rings (SSSR count). The SMILES string of the molecule is CCN(C(=O)COC(=O)c1ccc(C(C)=O)s1)c1cccc2ccccc12. The minimum Gasteiger partial charge on any atom is -0.451 e. The maximum Gasteiger partial charge on any atom is 0.348 e. The number of Topliss-reactive ketones (excluding diaryl/α,β-unsaturated/α-hetero) is 1. The first kappa shape index (κ1) is 18.8. The molecule has 6 heteroatoms. The van der Waals surface area contributed by atoms with E-state index in [1.165, 1.54) is 13.0 Å². The third-order valence-electron chi connectivity index (χ3n) is 4.16. The molecule has 3 aromatic rings. The largest absolute Gasteiger partial charge is 0.451 e. The van der Waals surface area contributed by atoms with Gasteiger partial charge < -0.3 is 9.64 Å². The molecule has 138 valence electrons. The quantitative estimate of drug-likeness (QED) is 0.471. The van der Waals surface area contributed by atoms with Gasteiger partial charge in [-0.05, 0) is 37.4 Å². The second-order valence-electron chi connectivity index (χ2n) is 5.93. The molecule has 0 unspecified atom stereocenters. The fourth-order valence-electron chi connectivity index (χ4n) is 2.84. The first-order valence-electron chi connectivity index (χ1n) is 8.57. The first-order valence-corrected chi connectivity index (χ1v) is 9.39. The number of carbonyl (C=O) groups excluding carboxylic acids is 3. The Bertz CT molecular complexity index is 1000.